The molecular weight excluding hydrogens is 599 g/mol. The zero-order chi connectivity index (χ0) is 32.9. The minimum atomic E-state index is -0.293. The molecule has 0 aliphatic carbocycles. The second-order valence-corrected chi connectivity index (χ2v) is 12.6. The lowest BCUT2D eigenvalue weighted by Crippen LogP contribution is -2.54. The second-order valence-electron chi connectivity index (χ2n) is 12.6. The largest absolute Gasteiger partial charge is 0.494 e. The Morgan fingerprint density at radius 3 is 2.53 bits per heavy atom. The summed E-state index contributed by atoms with van der Waals surface area (Å²) in [5, 5.41) is 8.06. The summed E-state index contributed by atoms with van der Waals surface area (Å²) in [4.78, 5) is 34.9. The number of ether oxygens (including phenoxy) is 1. The minimum absolute atomic E-state index is 0.184. The Labute approximate surface area is 276 Å². The van der Waals surface area contributed by atoms with E-state index in [1.54, 1.807) is 24.3 Å². The van der Waals surface area contributed by atoms with Crippen molar-refractivity contribution in [2.45, 2.75) is 51.2 Å². The van der Waals surface area contributed by atoms with Crippen LogP contribution in [0.3, 0.4) is 0 Å². The van der Waals surface area contributed by atoms with Crippen molar-refractivity contribution in [3.8, 4) is 5.75 Å². The minimum Gasteiger partial charge on any atom is -0.494 e. The maximum Gasteiger partial charge on any atom is 0.247 e. The van der Waals surface area contributed by atoms with E-state index in [-0.39, 0.29) is 17.8 Å². The highest BCUT2D eigenvalue weighted by Gasteiger charge is 2.31. The molecule has 3 aliphatic heterocycles. The van der Waals surface area contributed by atoms with E-state index in [0.717, 1.165) is 63.4 Å². The zero-order valence-electron chi connectivity index (χ0n) is 27.5. The number of aromatic nitrogens is 2. The lowest BCUT2D eigenvalue weighted by Gasteiger charge is -2.44. The number of nitrogens with one attached hydrogen (secondary N) is 2. The summed E-state index contributed by atoms with van der Waals surface area (Å²) >= 11 is 0. The molecule has 11 nitrogen and oxygen atoms in total. The molecule has 47 heavy (non-hydrogen) atoms. The zero-order valence-corrected chi connectivity index (χ0v) is 27.5. The van der Waals surface area contributed by atoms with Crippen molar-refractivity contribution in [2.75, 3.05) is 73.6 Å². The lowest BCUT2D eigenvalue weighted by molar-refractivity contribution is -0.111. The van der Waals surface area contributed by atoms with Crippen molar-refractivity contribution in [1.29, 1.82) is 0 Å². The van der Waals surface area contributed by atoms with E-state index in [1.807, 2.05) is 18.2 Å². The van der Waals surface area contributed by atoms with Gasteiger partial charge in [-0.15, -0.1) is 0 Å². The van der Waals surface area contributed by atoms with Crippen LogP contribution in [0.15, 0.2) is 61.4 Å². The molecule has 4 heterocycles. The first-order valence-electron chi connectivity index (χ1n) is 16.5. The summed E-state index contributed by atoms with van der Waals surface area (Å²) in [7, 11) is 1.63. The Morgan fingerprint density at radius 2 is 1.83 bits per heavy atom. The van der Waals surface area contributed by atoms with Gasteiger partial charge in [-0.25, -0.2) is 19.4 Å². The molecule has 1 unspecified atom stereocenters. The molecule has 250 valence electrons. The van der Waals surface area contributed by atoms with E-state index >= 15 is 0 Å². The number of hydrogen-bond donors (Lipinski definition) is 2. The molecule has 3 aromatic rings. The fourth-order valence-corrected chi connectivity index (χ4v) is 6.86. The summed E-state index contributed by atoms with van der Waals surface area (Å²) in [5.41, 5.74) is 3.00. The van der Waals surface area contributed by atoms with Crippen molar-refractivity contribution < 1.29 is 18.8 Å². The van der Waals surface area contributed by atoms with E-state index in [0.29, 0.717) is 53.9 Å². The number of anilines is 5. The van der Waals surface area contributed by atoms with Gasteiger partial charge in [-0.1, -0.05) is 18.7 Å². The van der Waals surface area contributed by atoms with Gasteiger partial charge in [-0.05, 0) is 56.5 Å². The third kappa shape index (κ3) is 7.50. The molecule has 6 rings (SSSR count). The van der Waals surface area contributed by atoms with Crippen LogP contribution in [0.1, 0.15) is 44.7 Å². The van der Waals surface area contributed by atoms with Crippen LogP contribution in [-0.4, -0.2) is 90.7 Å². The van der Waals surface area contributed by atoms with Crippen LogP contribution >= 0.6 is 0 Å². The van der Waals surface area contributed by atoms with Gasteiger partial charge in [0.1, 0.15) is 23.7 Å². The number of benzene rings is 2. The highest BCUT2D eigenvalue weighted by atomic mass is 19.1. The van der Waals surface area contributed by atoms with E-state index < -0.39 is 0 Å². The Bertz CT molecular complexity index is 1560. The van der Waals surface area contributed by atoms with Crippen LogP contribution in [-0.2, 0) is 9.63 Å². The third-order valence-electron chi connectivity index (χ3n) is 9.44. The number of hydroxylamine groups is 1. The van der Waals surface area contributed by atoms with E-state index in [1.165, 1.54) is 24.5 Å². The van der Waals surface area contributed by atoms with Crippen LogP contribution in [0.25, 0.3) is 0 Å². The second kappa shape index (κ2) is 14.7. The van der Waals surface area contributed by atoms with Crippen molar-refractivity contribution >= 4 is 34.6 Å². The number of carbonyl (C=O) groups is 1. The Balaban J connectivity index is 1.20. The van der Waals surface area contributed by atoms with Crippen molar-refractivity contribution in [3.63, 3.8) is 0 Å². The molecule has 2 N–H and O–H groups in total. The smallest absolute Gasteiger partial charge is 0.247 e. The molecule has 0 bridgehead atoms. The van der Waals surface area contributed by atoms with Gasteiger partial charge < -0.3 is 20.3 Å². The van der Waals surface area contributed by atoms with Crippen LogP contribution in [0.4, 0.5) is 33.1 Å². The van der Waals surface area contributed by atoms with Gasteiger partial charge in [0, 0.05) is 69.9 Å². The average molecular weight is 645 g/mol. The maximum atomic E-state index is 14.0. The first-order chi connectivity index (χ1) is 22.8. The summed E-state index contributed by atoms with van der Waals surface area (Å²) in [6, 6.07) is 13.1. The van der Waals surface area contributed by atoms with Crippen molar-refractivity contribution in [1.82, 2.24) is 19.8 Å². The highest BCUT2D eigenvalue weighted by molar-refractivity contribution is 6.02. The first-order valence-corrected chi connectivity index (χ1v) is 16.5. The Kier molecular flexibility index (Phi) is 10.2. The molecule has 2 aromatic carbocycles. The normalized spacial score (nSPS) is 19.6. The van der Waals surface area contributed by atoms with E-state index in [9.17, 15) is 9.18 Å². The number of amides is 1. The molecule has 0 saturated carbocycles. The molecule has 12 heteroatoms. The Morgan fingerprint density at radius 1 is 1.04 bits per heavy atom. The number of rotatable bonds is 10. The number of piperidine rings is 1. The molecule has 0 spiro atoms. The number of methoxy groups -OCH3 is 1. The molecule has 3 saturated heterocycles. The van der Waals surface area contributed by atoms with Gasteiger partial charge in [0.05, 0.1) is 36.8 Å². The monoisotopic (exact) mass is 644 g/mol. The summed E-state index contributed by atoms with van der Waals surface area (Å²) in [6.07, 6.45) is 5.53. The first kappa shape index (κ1) is 32.7. The molecular formula is C35H45FN8O3. The SMILES string of the molecule is C=CC(=O)Nc1cc(Nc2cc(N3OCCC3c3cccc(F)c3)ncn2)c(OC)cc1N1CCC(N2CCN(C(C)C)CC2)CC1. The molecule has 0 radical (unpaired) electrons. The quantitative estimate of drug-likeness (QED) is 0.281. The molecule has 3 fully saturated rings. The summed E-state index contributed by atoms with van der Waals surface area (Å²) < 4.78 is 19.8. The molecule has 1 atom stereocenters. The number of carbonyl (C=O) groups excluding carboxylic acids is 1. The molecule has 3 aliphatic rings. The van der Waals surface area contributed by atoms with E-state index in [4.69, 9.17) is 9.57 Å². The van der Waals surface area contributed by atoms with E-state index in [2.05, 4.69) is 55.7 Å². The van der Waals surface area contributed by atoms with Crippen molar-refractivity contribution in [2.24, 2.45) is 0 Å². The fraction of sp³-hybridized carbons (Fsp3) is 0.457. The van der Waals surface area contributed by atoms with Gasteiger partial charge in [0.15, 0.2) is 5.82 Å². The summed E-state index contributed by atoms with van der Waals surface area (Å²) in [5.74, 6) is 1.07. The number of halogens is 1. The number of nitrogens with zero attached hydrogens (tertiary/aromatic N) is 6. The van der Waals surface area contributed by atoms with Crippen LogP contribution in [0.5, 0.6) is 5.75 Å². The molecule has 1 amide bonds. The standard InChI is InChI=1S/C35H45FN8O3/c1-5-35(45)40-28-20-29(39-33-22-34(38-23-37-33)44-30(11-18-47-44)25-7-6-8-26(36)19-25)32(46-4)21-31(28)43-12-9-27(10-13-43)42-16-14-41(15-17-42)24(2)3/h5-8,19-24,27,30H,1,9-18H2,2-4H3,(H,40,45)(H,37,38,39). The van der Waals surface area contributed by atoms with Crippen molar-refractivity contribution in [3.05, 3.63) is 72.8 Å². The lowest BCUT2D eigenvalue weighted by atomic mass is 10.0. The summed E-state index contributed by atoms with van der Waals surface area (Å²) in [6.45, 7) is 14.9. The van der Waals surface area contributed by atoms with Crippen LogP contribution in [0.2, 0.25) is 0 Å². The molecule has 1 aromatic heterocycles. The fourth-order valence-electron chi connectivity index (χ4n) is 6.86. The third-order valence-corrected chi connectivity index (χ3v) is 9.44. The van der Waals surface area contributed by atoms with Gasteiger partial charge in [0.25, 0.3) is 0 Å². The number of piperazine rings is 1. The predicted octanol–water partition coefficient (Wildman–Crippen LogP) is 5.37. The predicted molar refractivity (Wildman–Crippen MR) is 183 cm³/mol. The highest BCUT2D eigenvalue weighted by Crippen LogP contribution is 2.40. The average Bonchev–Trinajstić information content (AvgIpc) is 3.59. The van der Waals surface area contributed by atoms with Gasteiger partial charge >= 0.3 is 0 Å². The maximum absolute atomic E-state index is 14.0. The van der Waals surface area contributed by atoms with Crippen LogP contribution < -0.4 is 25.3 Å². The van der Waals surface area contributed by atoms with Gasteiger partial charge in [0.2, 0.25) is 5.91 Å². The Hall–Kier alpha value is -4.26. The van der Waals surface area contributed by atoms with Gasteiger partial charge in [-0.2, -0.15) is 0 Å². The van der Waals surface area contributed by atoms with Gasteiger partial charge in [-0.3, -0.25) is 19.4 Å². The van der Waals surface area contributed by atoms with Crippen LogP contribution in [0, 0.1) is 5.82 Å². The number of hydrogen-bond acceptors (Lipinski definition) is 10. The topological polar surface area (TPSA) is 98.3 Å².